The molecule has 0 unspecified atom stereocenters. The Balaban J connectivity index is 1.33. The number of hydrogen-bond acceptors (Lipinski definition) is 4. The van der Waals surface area contributed by atoms with Crippen molar-refractivity contribution in [2.45, 2.75) is 6.54 Å². The van der Waals surface area contributed by atoms with Crippen LogP contribution in [0.15, 0.2) is 72.8 Å². The zero-order chi connectivity index (χ0) is 22.9. The van der Waals surface area contributed by atoms with Crippen LogP contribution in [0.1, 0.15) is 0 Å². The molecule has 164 valence electrons. The maximum absolute atomic E-state index is 12.7. The van der Waals surface area contributed by atoms with Gasteiger partial charge in [-0.1, -0.05) is 23.7 Å². The lowest BCUT2D eigenvalue weighted by Gasteiger charge is -2.09. The summed E-state index contributed by atoms with van der Waals surface area (Å²) < 4.78 is 4.08. The number of nitrogens with one attached hydrogen (secondary N) is 2. The number of aromatic amines is 1. The zero-order valence-electron chi connectivity index (χ0n) is 17.6. The number of rotatable bonds is 5. The molecule has 0 atom stereocenters. The van der Waals surface area contributed by atoms with Gasteiger partial charge in [0.2, 0.25) is 5.91 Å². The minimum Gasteiger partial charge on any atom is -0.327 e. The van der Waals surface area contributed by atoms with Crippen molar-refractivity contribution in [1.29, 1.82) is 0 Å². The summed E-state index contributed by atoms with van der Waals surface area (Å²) in [5, 5.41) is 10.6. The van der Waals surface area contributed by atoms with Crippen LogP contribution in [0.2, 0.25) is 5.02 Å². The molecule has 7 nitrogen and oxygen atoms in total. The van der Waals surface area contributed by atoms with Crippen LogP contribution >= 0.6 is 23.8 Å². The van der Waals surface area contributed by atoms with E-state index in [0.29, 0.717) is 21.3 Å². The number of hydrogen-bond donors (Lipinski definition) is 2. The van der Waals surface area contributed by atoms with Gasteiger partial charge < -0.3 is 9.88 Å². The summed E-state index contributed by atoms with van der Waals surface area (Å²) in [6.07, 6.45) is 0. The highest BCUT2D eigenvalue weighted by Gasteiger charge is 2.14. The number of aryl methyl sites for hydroxylation is 1. The van der Waals surface area contributed by atoms with Gasteiger partial charge in [-0.15, -0.1) is 0 Å². The fourth-order valence-corrected chi connectivity index (χ4v) is 4.06. The Kier molecular flexibility index (Phi) is 5.53. The Morgan fingerprint density at radius 2 is 1.67 bits per heavy atom. The summed E-state index contributed by atoms with van der Waals surface area (Å²) in [4.78, 5) is 17.5. The Morgan fingerprint density at radius 1 is 1.00 bits per heavy atom. The van der Waals surface area contributed by atoms with Gasteiger partial charge in [0.15, 0.2) is 10.6 Å². The van der Waals surface area contributed by atoms with E-state index in [1.807, 2.05) is 67.7 Å². The summed E-state index contributed by atoms with van der Waals surface area (Å²) in [5.74, 6) is 1.23. The van der Waals surface area contributed by atoms with Crippen molar-refractivity contribution in [1.82, 2.24) is 24.3 Å². The van der Waals surface area contributed by atoms with E-state index in [1.54, 1.807) is 16.7 Å². The van der Waals surface area contributed by atoms with Crippen LogP contribution in [0, 0.1) is 4.77 Å². The molecule has 0 aliphatic rings. The van der Waals surface area contributed by atoms with E-state index in [-0.39, 0.29) is 12.5 Å². The lowest BCUT2D eigenvalue weighted by Crippen LogP contribution is -2.19. The maximum Gasteiger partial charge on any atom is 0.244 e. The van der Waals surface area contributed by atoms with Gasteiger partial charge in [0.25, 0.3) is 0 Å². The monoisotopic (exact) mass is 474 g/mol. The van der Waals surface area contributed by atoms with E-state index in [9.17, 15) is 4.79 Å². The number of amides is 1. The molecule has 0 spiro atoms. The lowest BCUT2D eigenvalue weighted by molar-refractivity contribution is -0.116. The van der Waals surface area contributed by atoms with E-state index in [2.05, 4.69) is 20.1 Å². The molecule has 1 amide bonds. The molecule has 5 rings (SSSR count). The highest BCUT2D eigenvalue weighted by Crippen LogP contribution is 2.25. The van der Waals surface area contributed by atoms with Crippen LogP contribution < -0.4 is 5.32 Å². The molecule has 2 aromatic heterocycles. The number of aromatic nitrogens is 5. The number of fused-ring (bicyclic) bond motifs is 1. The topological polar surface area (TPSA) is 80.5 Å². The van der Waals surface area contributed by atoms with Gasteiger partial charge >= 0.3 is 0 Å². The van der Waals surface area contributed by atoms with Gasteiger partial charge in [-0.3, -0.25) is 14.5 Å². The summed E-state index contributed by atoms with van der Waals surface area (Å²) >= 11 is 11.3. The number of carbonyl (C=O) groups is 1. The van der Waals surface area contributed by atoms with E-state index in [4.69, 9.17) is 28.8 Å². The molecule has 3 aromatic carbocycles. The molecule has 0 bridgehead atoms. The first-order valence-corrected chi connectivity index (χ1v) is 11.0. The average molecular weight is 475 g/mol. The molecule has 2 N–H and O–H groups in total. The Bertz CT molecular complexity index is 1520. The third kappa shape index (κ3) is 4.18. The van der Waals surface area contributed by atoms with Crippen LogP contribution in [0.25, 0.3) is 33.8 Å². The standard InChI is InChI=1S/C24H19ClN6OS/c1-30-20-5-3-2-4-19(20)27-22(30)15-8-12-18(13-9-15)26-21(32)14-31-23(28-29-24(31)33)16-6-10-17(25)11-7-16/h2-13H,14H2,1H3,(H,26,32)(H,29,33). The quantitative estimate of drug-likeness (QED) is 0.332. The van der Waals surface area contributed by atoms with Crippen molar-refractivity contribution in [3.63, 3.8) is 0 Å². The maximum atomic E-state index is 12.7. The largest absolute Gasteiger partial charge is 0.327 e. The first-order valence-electron chi connectivity index (χ1n) is 10.2. The van der Waals surface area contributed by atoms with Crippen LogP contribution in [-0.2, 0) is 18.4 Å². The van der Waals surface area contributed by atoms with Gasteiger partial charge in [0.05, 0.1) is 11.0 Å². The molecule has 9 heteroatoms. The lowest BCUT2D eigenvalue weighted by atomic mass is 10.2. The highest BCUT2D eigenvalue weighted by atomic mass is 35.5. The number of benzene rings is 3. The van der Waals surface area contributed by atoms with Crippen LogP contribution in [0.4, 0.5) is 5.69 Å². The summed E-state index contributed by atoms with van der Waals surface area (Å²) in [6.45, 7) is 0.0276. The number of para-hydroxylation sites is 2. The first kappa shape index (κ1) is 21.1. The smallest absolute Gasteiger partial charge is 0.244 e. The highest BCUT2D eigenvalue weighted by molar-refractivity contribution is 7.71. The van der Waals surface area contributed by atoms with E-state index in [1.165, 1.54) is 0 Å². The van der Waals surface area contributed by atoms with Gasteiger partial charge in [-0.2, -0.15) is 5.10 Å². The van der Waals surface area contributed by atoms with Crippen molar-refractivity contribution < 1.29 is 4.79 Å². The minimum absolute atomic E-state index is 0.0276. The second kappa shape index (κ2) is 8.65. The second-order valence-corrected chi connectivity index (χ2v) is 8.38. The van der Waals surface area contributed by atoms with Crippen molar-refractivity contribution in [2.75, 3.05) is 5.32 Å². The molecule has 0 fully saturated rings. The molecule has 33 heavy (non-hydrogen) atoms. The molecular formula is C24H19ClN6OS. The molecule has 0 aliphatic heterocycles. The predicted molar refractivity (Wildman–Crippen MR) is 133 cm³/mol. The molecule has 5 aromatic rings. The fourth-order valence-electron chi connectivity index (χ4n) is 3.73. The average Bonchev–Trinajstić information content (AvgIpc) is 3.35. The number of anilines is 1. The third-order valence-corrected chi connectivity index (χ3v) is 5.94. The van der Waals surface area contributed by atoms with Crippen molar-refractivity contribution in [3.05, 3.63) is 82.6 Å². The number of imidazole rings is 1. The van der Waals surface area contributed by atoms with E-state index < -0.39 is 0 Å². The van der Waals surface area contributed by atoms with Crippen LogP contribution in [0.3, 0.4) is 0 Å². The summed E-state index contributed by atoms with van der Waals surface area (Å²) in [6, 6.07) is 22.8. The molecule has 2 heterocycles. The van der Waals surface area contributed by atoms with Crippen molar-refractivity contribution in [2.24, 2.45) is 7.05 Å². The fraction of sp³-hybridized carbons (Fsp3) is 0.0833. The van der Waals surface area contributed by atoms with Gasteiger partial charge in [0.1, 0.15) is 12.4 Å². The molecule has 0 aliphatic carbocycles. The van der Waals surface area contributed by atoms with Gasteiger partial charge in [0, 0.05) is 28.9 Å². The van der Waals surface area contributed by atoms with E-state index in [0.717, 1.165) is 28.0 Å². The van der Waals surface area contributed by atoms with Crippen molar-refractivity contribution in [3.8, 4) is 22.8 Å². The van der Waals surface area contributed by atoms with Crippen molar-refractivity contribution >= 4 is 46.4 Å². The Morgan fingerprint density at radius 3 is 2.39 bits per heavy atom. The number of halogens is 1. The third-order valence-electron chi connectivity index (χ3n) is 5.38. The normalized spacial score (nSPS) is 11.1. The minimum atomic E-state index is -0.210. The van der Waals surface area contributed by atoms with E-state index >= 15 is 0 Å². The Labute approximate surface area is 199 Å². The second-order valence-electron chi connectivity index (χ2n) is 7.55. The zero-order valence-corrected chi connectivity index (χ0v) is 19.2. The number of carbonyl (C=O) groups excluding carboxylic acids is 1. The molecule has 0 radical (unpaired) electrons. The molecular weight excluding hydrogens is 456 g/mol. The van der Waals surface area contributed by atoms with Gasteiger partial charge in [-0.05, 0) is 72.9 Å². The summed E-state index contributed by atoms with van der Waals surface area (Å²) in [5.41, 5.74) is 4.48. The number of nitrogens with zero attached hydrogens (tertiary/aromatic N) is 4. The van der Waals surface area contributed by atoms with Crippen LogP contribution in [0.5, 0.6) is 0 Å². The molecule has 0 saturated heterocycles. The number of H-pyrrole nitrogens is 1. The molecule has 0 saturated carbocycles. The van der Waals surface area contributed by atoms with Crippen LogP contribution in [-0.4, -0.2) is 30.2 Å². The Hall–Kier alpha value is -3.75. The van der Waals surface area contributed by atoms with Gasteiger partial charge in [-0.25, -0.2) is 4.98 Å². The summed E-state index contributed by atoms with van der Waals surface area (Å²) in [7, 11) is 1.99. The predicted octanol–water partition coefficient (Wildman–Crippen LogP) is 5.45. The first-order chi connectivity index (χ1) is 16.0. The SMILES string of the molecule is Cn1c(-c2ccc(NC(=O)Cn3c(-c4ccc(Cl)cc4)n[nH]c3=S)cc2)nc2ccccc21.